The minimum Gasteiger partial charge on any atom is -0.363 e. The number of hydrogen-bond acceptors (Lipinski definition) is 4. The molecule has 6 heteroatoms. The molecule has 1 aliphatic rings. The normalized spacial score (nSPS) is 21.3. The fraction of sp³-hybridized carbons (Fsp3) is 0.600. The van der Waals surface area contributed by atoms with E-state index >= 15 is 0 Å². The van der Waals surface area contributed by atoms with Gasteiger partial charge in [0.25, 0.3) is 0 Å². The van der Waals surface area contributed by atoms with E-state index in [0.717, 1.165) is 30.9 Å². The highest BCUT2D eigenvalue weighted by Gasteiger charge is 2.24. The lowest BCUT2D eigenvalue weighted by atomic mass is 9.92. The van der Waals surface area contributed by atoms with Gasteiger partial charge in [0.05, 0.1) is 12.2 Å². The molecule has 0 aromatic carbocycles. The van der Waals surface area contributed by atoms with Crippen LogP contribution in [0.1, 0.15) is 25.5 Å². The van der Waals surface area contributed by atoms with Gasteiger partial charge in [0, 0.05) is 26.1 Å². The predicted molar refractivity (Wildman–Crippen MR) is 87.8 cm³/mol. The van der Waals surface area contributed by atoms with Gasteiger partial charge in [0.1, 0.15) is 5.82 Å². The van der Waals surface area contributed by atoms with Crippen molar-refractivity contribution >= 4 is 24.1 Å². The van der Waals surface area contributed by atoms with Gasteiger partial charge in [0.15, 0.2) is 0 Å². The van der Waals surface area contributed by atoms with Gasteiger partial charge in [-0.05, 0) is 38.4 Å². The van der Waals surface area contributed by atoms with Crippen molar-refractivity contribution in [2.75, 3.05) is 25.5 Å². The molecule has 1 aromatic rings. The van der Waals surface area contributed by atoms with E-state index in [9.17, 15) is 4.79 Å². The summed E-state index contributed by atoms with van der Waals surface area (Å²) >= 11 is 0. The Bertz CT molecular complexity index is 467. The number of pyridine rings is 1. The summed E-state index contributed by atoms with van der Waals surface area (Å²) in [4.78, 5) is 18.6. The summed E-state index contributed by atoms with van der Waals surface area (Å²) in [6, 6.07) is 6.30. The highest BCUT2D eigenvalue weighted by molar-refractivity contribution is 5.85. The molecule has 0 saturated carbocycles. The molecule has 0 aliphatic carbocycles. The Morgan fingerprint density at radius 1 is 1.48 bits per heavy atom. The number of carbonyl (C=O) groups excluding carboxylic acids is 1. The Hall–Kier alpha value is -1.33. The van der Waals surface area contributed by atoms with Gasteiger partial charge in [-0.2, -0.15) is 0 Å². The lowest BCUT2D eigenvalue weighted by Crippen LogP contribution is -2.42. The van der Waals surface area contributed by atoms with Crippen LogP contribution in [0.2, 0.25) is 0 Å². The number of nitrogens with zero attached hydrogens (tertiary/aromatic N) is 2. The highest BCUT2D eigenvalue weighted by atomic mass is 35.5. The first-order valence-corrected chi connectivity index (χ1v) is 7.20. The fourth-order valence-electron chi connectivity index (χ4n) is 2.51. The molecule has 21 heavy (non-hydrogen) atoms. The number of nitrogens with one attached hydrogen (secondary N) is 2. The Morgan fingerprint density at radius 2 is 2.24 bits per heavy atom. The average Bonchev–Trinajstić information content (AvgIpc) is 2.45. The quantitative estimate of drug-likeness (QED) is 0.886. The van der Waals surface area contributed by atoms with Gasteiger partial charge < -0.3 is 15.5 Å². The standard InChI is InChI=1S/C15H24N4O.ClH/c1-11-9-12(7-8-16-11)15(20)17-10-13-5-4-6-14(18-13)19(2)3;/h4-6,11-12,16H,7-10H2,1-3H3,(H,17,20);1H/t11-,12-;/m0./s1. The van der Waals surface area contributed by atoms with Crippen LogP contribution in [0.4, 0.5) is 5.82 Å². The van der Waals surface area contributed by atoms with E-state index in [0.29, 0.717) is 12.6 Å². The van der Waals surface area contributed by atoms with Crippen LogP contribution < -0.4 is 15.5 Å². The summed E-state index contributed by atoms with van der Waals surface area (Å²) in [7, 11) is 3.92. The second-order valence-electron chi connectivity index (χ2n) is 5.68. The number of aromatic nitrogens is 1. The first kappa shape index (κ1) is 17.7. The van der Waals surface area contributed by atoms with Crippen molar-refractivity contribution in [3.8, 4) is 0 Å². The van der Waals surface area contributed by atoms with E-state index in [1.807, 2.05) is 37.2 Å². The molecule has 2 N–H and O–H groups in total. The third kappa shape index (κ3) is 5.17. The second kappa shape index (κ2) is 8.20. The van der Waals surface area contributed by atoms with Crippen molar-refractivity contribution < 1.29 is 4.79 Å². The summed E-state index contributed by atoms with van der Waals surface area (Å²) in [6.45, 7) is 3.55. The zero-order valence-electron chi connectivity index (χ0n) is 12.9. The van der Waals surface area contributed by atoms with Crippen LogP contribution in [0.25, 0.3) is 0 Å². The molecule has 2 heterocycles. The molecule has 1 aromatic heterocycles. The first-order valence-electron chi connectivity index (χ1n) is 7.20. The van der Waals surface area contributed by atoms with Crippen LogP contribution in [-0.2, 0) is 11.3 Å². The Kier molecular flexibility index (Phi) is 6.92. The summed E-state index contributed by atoms with van der Waals surface area (Å²) in [5.74, 6) is 1.19. The van der Waals surface area contributed by atoms with Crippen molar-refractivity contribution in [3.05, 3.63) is 23.9 Å². The lowest BCUT2D eigenvalue weighted by molar-refractivity contribution is -0.126. The molecule has 0 spiro atoms. The predicted octanol–water partition coefficient (Wildman–Crippen LogP) is 1.57. The van der Waals surface area contributed by atoms with Crippen LogP contribution in [0, 0.1) is 5.92 Å². The zero-order chi connectivity index (χ0) is 14.5. The molecule has 5 nitrogen and oxygen atoms in total. The molecule has 2 atom stereocenters. The number of halogens is 1. The molecular weight excluding hydrogens is 288 g/mol. The highest BCUT2D eigenvalue weighted by Crippen LogP contribution is 2.16. The van der Waals surface area contributed by atoms with Crippen LogP contribution in [0.3, 0.4) is 0 Å². The number of piperidine rings is 1. The number of rotatable bonds is 4. The van der Waals surface area contributed by atoms with E-state index in [2.05, 4.69) is 22.5 Å². The fourth-order valence-corrected chi connectivity index (χ4v) is 2.51. The van der Waals surface area contributed by atoms with E-state index in [1.54, 1.807) is 0 Å². The molecule has 1 fully saturated rings. The SMILES string of the molecule is C[C@H]1C[C@@H](C(=O)NCc2cccc(N(C)C)n2)CCN1.Cl. The van der Waals surface area contributed by atoms with Gasteiger partial charge in [-0.15, -0.1) is 12.4 Å². The molecule has 118 valence electrons. The van der Waals surface area contributed by atoms with Gasteiger partial charge in [-0.25, -0.2) is 4.98 Å². The monoisotopic (exact) mass is 312 g/mol. The van der Waals surface area contributed by atoms with Gasteiger partial charge in [-0.1, -0.05) is 6.07 Å². The average molecular weight is 313 g/mol. The molecule has 2 rings (SSSR count). The minimum absolute atomic E-state index is 0. The maximum absolute atomic E-state index is 12.2. The molecular formula is C15H25ClN4O. The number of carbonyl (C=O) groups is 1. The third-order valence-corrected chi connectivity index (χ3v) is 3.69. The van der Waals surface area contributed by atoms with E-state index < -0.39 is 0 Å². The summed E-state index contributed by atoms with van der Waals surface area (Å²) in [5.41, 5.74) is 0.895. The van der Waals surface area contributed by atoms with E-state index in [-0.39, 0.29) is 24.2 Å². The Balaban J connectivity index is 0.00000220. The number of hydrogen-bond donors (Lipinski definition) is 2. The topological polar surface area (TPSA) is 57.3 Å². The summed E-state index contributed by atoms with van der Waals surface area (Å²) in [6.07, 6.45) is 1.83. The van der Waals surface area contributed by atoms with Gasteiger partial charge >= 0.3 is 0 Å². The zero-order valence-corrected chi connectivity index (χ0v) is 13.7. The maximum atomic E-state index is 12.2. The van der Waals surface area contributed by atoms with Crippen molar-refractivity contribution in [2.24, 2.45) is 5.92 Å². The minimum atomic E-state index is 0. The van der Waals surface area contributed by atoms with Gasteiger partial charge in [0.2, 0.25) is 5.91 Å². The molecule has 0 bridgehead atoms. The smallest absolute Gasteiger partial charge is 0.223 e. The summed E-state index contributed by atoms with van der Waals surface area (Å²) in [5, 5.41) is 6.37. The van der Waals surface area contributed by atoms with Crippen molar-refractivity contribution in [3.63, 3.8) is 0 Å². The van der Waals surface area contributed by atoms with Gasteiger partial charge in [-0.3, -0.25) is 4.79 Å². The largest absolute Gasteiger partial charge is 0.363 e. The first-order chi connectivity index (χ1) is 9.56. The van der Waals surface area contributed by atoms with Crippen molar-refractivity contribution in [2.45, 2.75) is 32.4 Å². The molecule has 1 aliphatic heterocycles. The molecule has 0 radical (unpaired) electrons. The number of amides is 1. The van der Waals surface area contributed by atoms with Crippen molar-refractivity contribution in [1.82, 2.24) is 15.6 Å². The van der Waals surface area contributed by atoms with Crippen LogP contribution in [0.15, 0.2) is 18.2 Å². The van der Waals surface area contributed by atoms with Crippen LogP contribution in [0.5, 0.6) is 0 Å². The number of anilines is 1. The summed E-state index contributed by atoms with van der Waals surface area (Å²) < 4.78 is 0. The van der Waals surface area contributed by atoms with Crippen LogP contribution in [-0.4, -0.2) is 37.6 Å². The Morgan fingerprint density at radius 3 is 2.90 bits per heavy atom. The molecule has 0 unspecified atom stereocenters. The lowest BCUT2D eigenvalue weighted by Gasteiger charge is -2.27. The Labute approximate surface area is 132 Å². The second-order valence-corrected chi connectivity index (χ2v) is 5.68. The maximum Gasteiger partial charge on any atom is 0.223 e. The third-order valence-electron chi connectivity index (χ3n) is 3.69. The van der Waals surface area contributed by atoms with Crippen molar-refractivity contribution in [1.29, 1.82) is 0 Å². The van der Waals surface area contributed by atoms with Crippen LogP contribution >= 0.6 is 12.4 Å². The van der Waals surface area contributed by atoms with E-state index in [1.165, 1.54) is 0 Å². The molecule has 1 saturated heterocycles. The van der Waals surface area contributed by atoms with E-state index in [4.69, 9.17) is 0 Å². The molecule has 1 amide bonds.